The molecule has 0 radical (unpaired) electrons. The quantitative estimate of drug-likeness (QED) is 0.805. The van der Waals surface area contributed by atoms with Gasteiger partial charge in [-0.05, 0) is 54.3 Å². The minimum Gasteiger partial charge on any atom is -0.293 e. The van der Waals surface area contributed by atoms with Crippen molar-refractivity contribution in [2.24, 2.45) is 0 Å². The number of allylic oxidation sites excluding steroid dienone is 5. The molecule has 0 bridgehead atoms. The van der Waals surface area contributed by atoms with E-state index < -0.39 is 5.41 Å². The van der Waals surface area contributed by atoms with Crippen LogP contribution < -0.4 is 0 Å². The van der Waals surface area contributed by atoms with Crippen molar-refractivity contribution in [2.45, 2.75) is 32.1 Å². The van der Waals surface area contributed by atoms with Crippen LogP contribution in [0.3, 0.4) is 0 Å². The predicted octanol–water partition coefficient (Wildman–Crippen LogP) is 3.34. The highest BCUT2D eigenvalue weighted by molar-refractivity contribution is 6.24. The number of carbonyl (C=O) groups excluding carboxylic acids is 3. The third-order valence-electron chi connectivity index (χ3n) is 4.57. The number of fused-ring (bicyclic) bond motifs is 1. The largest absolute Gasteiger partial charge is 0.293 e. The first-order valence-electron chi connectivity index (χ1n) is 7.82. The summed E-state index contributed by atoms with van der Waals surface area (Å²) in [6.07, 6.45) is 6.97. The van der Waals surface area contributed by atoms with Crippen molar-refractivity contribution in [3.8, 4) is 0 Å². The zero-order valence-electron chi connectivity index (χ0n) is 13.3. The minimum absolute atomic E-state index is 0.0826. The molecule has 0 amide bonds. The Balaban J connectivity index is 2.33. The van der Waals surface area contributed by atoms with Crippen molar-refractivity contribution in [1.29, 1.82) is 0 Å². The Morgan fingerprint density at radius 2 is 1.74 bits per heavy atom. The first-order chi connectivity index (χ1) is 11.0. The fourth-order valence-electron chi connectivity index (χ4n) is 3.64. The van der Waals surface area contributed by atoms with Crippen LogP contribution in [-0.2, 0) is 19.8 Å². The number of ketones is 3. The Kier molecular flexibility index (Phi) is 3.72. The first-order valence-corrected chi connectivity index (χ1v) is 7.82. The summed E-state index contributed by atoms with van der Waals surface area (Å²) in [5.74, 6) is -0.579. The zero-order valence-corrected chi connectivity index (χ0v) is 13.3. The van der Waals surface area contributed by atoms with Gasteiger partial charge in [0.2, 0.25) is 0 Å². The maximum Gasteiger partial charge on any atom is 0.183 e. The SMILES string of the molecule is CCC[C@@]1(C2=CC(=O)C=CC2=O)C(=O)C(C)=Cc2ccccc21. The molecule has 0 unspecified atom stereocenters. The Morgan fingerprint density at radius 3 is 2.48 bits per heavy atom. The lowest BCUT2D eigenvalue weighted by Crippen LogP contribution is -2.44. The molecule has 0 spiro atoms. The lowest BCUT2D eigenvalue weighted by molar-refractivity contribution is -0.122. The van der Waals surface area contributed by atoms with Gasteiger partial charge in [-0.2, -0.15) is 0 Å². The summed E-state index contributed by atoms with van der Waals surface area (Å²) in [4.78, 5) is 37.5. The molecule has 0 heterocycles. The summed E-state index contributed by atoms with van der Waals surface area (Å²) in [5.41, 5.74) is 1.63. The molecule has 3 heteroatoms. The maximum absolute atomic E-state index is 13.2. The molecular formula is C20H18O3. The average molecular weight is 306 g/mol. The lowest BCUT2D eigenvalue weighted by atomic mass is 9.61. The molecule has 0 saturated heterocycles. The van der Waals surface area contributed by atoms with Crippen LogP contribution in [0.15, 0.2) is 53.6 Å². The number of rotatable bonds is 3. The second-order valence-electron chi connectivity index (χ2n) is 6.06. The average Bonchev–Trinajstić information content (AvgIpc) is 2.54. The maximum atomic E-state index is 13.2. The van der Waals surface area contributed by atoms with Crippen LogP contribution in [0.2, 0.25) is 0 Å². The van der Waals surface area contributed by atoms with E-state index in [1.165, 1.54) is 18.2 Å². The second kappa shape index (κ2) is 5.58. The van der Waals surface area contributed by atoms with E-state index in [2.05, 4.69) is 0 Å². The van der Waals surface area contributed by atoms with Gasteiger partial charge in [0.1, 0.15) is 0 Å². The normalized spacial score (nSPS) is 23.5. The fraction of sp³-hybridized carbons (Fsp3) is 0.250. The summed E-state index contributed by atoms with van der Waals surface area (Å²) >= 11 is 0. The van der Waals surface area contributed by atoms with E-state index in [-0.39, 0.29) is 17.3 Å². The van der Waals surface area contributed by atoms with E-state index in [0.29, 0.717) is 17.6 Å². The molecule has 0 fully saturated rings. The summed E-state index contributed by atoms with van der Waals surface area (Å²) in [6.45, 7) is 3.75. The van der Waals surface area contributed by atoms with E-state index in [1.807, 2.05) is 37.3 Å². The van der Waals surface area contributed by atoms with Gasteiger partial charge >= 0.3 is 0 Å². The van der Waals surface area contributed by atoms with Gasteiger partial charge in [0.05, 0.1) is 5.41 Å². The molecule has 1 atom stereocenters. The van der Waals surface area contributed by atoms with Gasteiger partial charge in [0, 0.05) is 5.57 Å². The van der Waals surface area contributed by atoms with Gasteiger partial charge in [-0.25, -0.2) is 0 Å². The minimum atomic E-state index is -1.05. The molecule has 3 rings (SSSR count). The molecule has 116 valence electrons. The van der Waals surface area contributed by atoms with Crippen molar-refractivity contribution in [3.05, 3.63) is 64.8 Å². The van der Waals surface area contributed by atoms with Crippen molar-refractivity contribution >= 4 is 23.4 Å². The fourth-order valence-corrected chi connectivity index (χ4v) is 3.64. The van der Waals surface area contributed by atoms with Gasteiger partial charge < -0.3 is 0 Å². The summed E-state index contributed by atoms with van der Waals surface area (Å²) < 4.78 is 0. The first kappa shape index (κ1) is 15.3. The van der Waals surface area contributed by atoms with E-state index in [1.54, 1.807) is 6.92 Å². The Hall–Kier alpha value is -2.55. The van der Waals surface area contributed by atoms with E-state index in [0.717, 1.165) is 17.5 Å². The second-order valence-corrected chi connectivity index (χ2v) is 6.06. The smallest absolute Gasteiger partial charge is 0.183 e. The van der Waals surface area contributed by atoms with Gasteiger partial charge in [-0.3, -0.25) is 14.4 Å². The molecule has 2 aliphatic rings. The van der Waals surface area contributed by atoms with Gasteiger partial charge in [-0.15, -0.1) is 0 Å². The summed E-state index contributed by atoms with van der Waals surface area (Å²) in [7, 11) is 0. The van der Waals surface area contributed by atoms with Crippen molar-refractivity contribution in [3.63, 3.8) is 0 Å². The summed E-state index contributed by atoms with van der Waals surface area (Å²) in [5, 5.41) is 0. The monoisotopic (exact) mass is 306 g/mol. The Morgan fingerprint density at radius 1 is 1.00 bits per heavy atom. The number of hydrogen-bond acceptors (Lipinski definition) is 3. The molecule has 1 aromatic rings. The zero-order chi connectivity index (χ0) is 16.6. The van der Waals surface area contributed by atoms with Crippen molar-refractivity contribution in [2.75, 3.05) is 0 Å². The number of Topliss-reactive ketones (excluding diaryl/α,β-unsaturated/α-hetero) is 1. The van der Waals surface area contributed by atoms with Crippen LogP contribution in [-0.4, -0.2) is 17.3 Å². The van der Waals surface area contributed by atoms with Crippen LogP contribution in [0.4, 0.5) is 0 Å². The standard InChI is InChI=1S/C20H18O3/c1-3-10-20(17-12-15(21)8-9-18(17)22)16-7-5-4-6-14(16)11-13(2)19(20)23/h4-9,11-12H,3,10H2,1-2H3/t20-/m1/s1. The highest BCUT2D eigenvalue weighted by Gasteiger charge is 2.48. The highest BCUT2D eigenvalue weighted by atomic mass is 16.1. The number of carbonyl (C=O) groups is 3. The van der Waals surface area contributed by atoms with Crippen LogP contribution in [0.5, 0.6) is 0 Å². The molecule has 0 aromatic heterocycles. The number of hydrogen-bond donors (Lipinski definition) is 0. The molecule has 0 aliphatic heterocycles. The van der Waals surface area contributed by atoms with E-state index in [9.17, 15) is 14.4 Å². The van der Waals surface area contributed by atoms with Gasteiger partial charge in [-0.1, -0.05) is 37.6 Å². The number of benzene rings is 1. The lowest BCUT2D eigenvalue weighted by Gasteiger charge is -2.38. The molecule has 3 nitrogen and oxygen atoms in total. The van der Waals surface area contributed by atoms with E-state index in [4.69, 9.17) is 0 Å². The van der Waals surface area contributed by atoms with E-state index >= 15 is 0 Å². The predicted molar refractivity (Wildman–Crippen MR) is 88.9 cm³/mol. The van der Waals surface area contributed by atoms with Crippen molar-refractivity contribution < 1.29 is 14.4 Å². The molecule has 0 saturated carbocycles. The van der Waals surface area contributed by atoms with Crippen LogP contribution >= 0.6 is 0 Å². The van der Waals surface area contributed by atoms with Gasteiger partial charge in [0.25, 0.3) is 0 Å². The van der Waals surface area contributed by atoms with Gasteiger partial charge in [0.15, 0.2) is 17.3 Å². The topological polar surface area (TPSA) is 51.2 Å². The Labute approximate surface area is 135 Å². The summed E-state index contributed by atoms with van der Waals surface area (Å²) in [6, 6.07) is 7.62. The Bertz CT molecular complexity index is 808. The van der Waals surface area contributed by atoms with Crippen molar-refractivity contribution in [1.82, 2.24) is 0 Å². The molecule has 23 heavy (non-hydrogen) atoms. The third-order valence-corrected chi connectivity index (χ3v) is 4.57. The van der Waals surface area contributed by atoms with Crippen LogP contribution in [0.25, 0.3) is 6.08 Å². The highest BCUT2D eigenvalue weighted by Crippen LogP contribution is 2.45. The molecule has 1 aromatic carbocycles. The molecular weight excluding hydrogens is 288 g/mol. The third kappa shape index (κ3) is 2.24. The van der Waals surface area contributed by atoms with Crippen LogP contribution in [0.1, 0.15) is 37.8 Å². The molecule has 0 N–H and O–H groups in total. The van der Waals surface area contributed by atoms with Crippen LogP contribution in [0, 0.1) is 0 Å². The molecule has 2 aliphatic carbocycles.